The van der Waals surface area contributed by atoms with Gasteiger partial charge in [-0.15, -0.1) is 0 Å². The Morgan fingerprint density at radius 1 is 0.957 bits per heavy atom. The van der Waals surface area contributed by atoms with Crippen LogP contribution in [0.25, 0.3) is 6.08 Å². The zero-order chi connectivity index (χ0) is 16.3. The van der Waals surface area contributed by atoms with Crippen molar-refractivity contribution in [1.29, 1.82) is 0 Å². The Labute approximate surface area is 135 Å². The lowest BCUT2D eigenvalue weighted by molar-refractivity contribution is 0.403. The van der Waals surface area contributed by atoms with Crippen LogP contribution in [0.3, 0.4) is 0 Å². The molecule has 3 rings (SSSR count). The van der Waals surface area contributed by atoms with Crippen molar-refractivity contribution in [3.05, 3.63) is 59.7 Å². The molecule has 23 heavy (non-hydrogen) atoms. The normalized spacial score (nSPS) is 15.8. The summed E-state index contributed by atoms with van der Waals surface area (Å²) in [7, 11) is 0. The highest BCUT2D eigenvalue weighted by Gasteiger charge is 2.39. The molecule has 0 unspecified atom stereocenters. The van der Waals surface area contributed by atoms with Gasteiger partial charge in [-0.2, -0.15) is 0 Å². The van der Waals surface area contributed by atoms with Gasteiger partial charge in [0.2, 0.25) is 0 Å². The Morgan fingerprint density at radius 3 is 2.35 bits per heavy atom. The zero-order valence-corrected chi connectivity index (χ0v) is 12.9. The van der Waals surface area contributed by atoms with Crippen LogP contribution in [-0.4, -0.2) is 27.4 Å². The Hall–Kier alpha value is -2.46. The van der Waals surface area contributed by atoms with Crippen LogP contribution in [0.1, 0.15) is 24.0 Å². The smallest absolute Gasteiger partial charge is 0.157 e. The van der Waals surface area contributed by atoms with E-state index in [2.05, 4.69) is 11.4 Å². The SMILES string of the molecule is Oc1ccc(CCNC2(/C=C/c3ccc(O)c(O)c3)CC2)cc1. The highest BCUT2D eigenvalue weighted by molar-refractivity contribution is 5.56. The number of rotatable bonds is 6. The first-order chi connectivity index (χ1) is 11.1. The molecule has 0 radical (unpaired) electrons. The maximum Gasteiger partial charge on any atom is 0.157 e. The quantitative estimate of drug-likeness (QED) is 0.618. The number of benzene rings is 2. The molecule has 1 aliphatic carbocycles. The Bertz CT molecular complexity index is 703. The summed E-state index contributed by atoms with van der Waals surface area (Å²) in [6.07, 6.45) is 7.22. The molecule has 0 atom stereocenters. The summed E-state index contributed by atoms with van der Waals surface area (Å²) in [4.78, 5) is 0. The molecule has 2 aromatic rings. The lowest BCUT2D eigenvalue weighted by Crippen LogP contribution is -2.30. The molecule has 1 saturated carbocycles. The maximum atomic E-state index is 9.51. The minimum absolute atomic E-state index is 0.0461. The van der Waals surface area contributed by atoms with E-state index in [0.717, 1.165) is 31.4 Å². The molecular formula is C19H21NO3. The number of phenols is 3. The van der Waals surface area contributed by atoms with Gasteiger partial charge in [-0.25, -0.2) is 0 Å². The molecule has 1 aliphatic rings. The van der Waals surface area contributed by atoms with Crippen LogP contribution < -0.4 is 5.32 Å². The van der Waals surface area contributed by atoms with Gasteiger partial charge in [0.15, 0.2) is 11.5 Å². The zero-order valence-electron chi connectivity index (χ0n) is 12.9. The highest BCUT2D eigenvalue weighted by Crippen LogP contribution is 2.37. The summed E-state index contributed by atoms with van der Waals surface area (Å²) in [5.74, 6) is 0.0908. The molecule has 0 saturated heterocycles. The van der Waals surface area contributed by atoms with Crippen LogP contribution in [0.4, 0.5) is 0 Å². The van der Waals surface area contributed by atoms with Gasteiger partial charge in [0, 0.05) is 5.54 Å². The van der Waals surface area contributed by atoms with E-state index in [-0.39, 0.29) is 17.0 Å². The van der Waals surface area contributed by atoms with Gasteiger partial charge in [-0.1, -0.05) is 30.4 Å². The summed E-state index contributed by atoms with van der Waals surface area (Å²) >= 11 is 0. The van der Waals surface area contributed by atoms with Crippen molar-refractivity contribution < 1.29 is 15.3 Å². The first kappa shape index (κ1) is 15.4. The van der Waals surface area contributed by atoms with Crippen molar-refractivity contribution >= 4 is 6.08 Å². The lowest BCUT2D eigenvalue weighted by atomic mass is 10.1. The van der Waals surface area contributed by atoms with E-state index in [1.54, 1.807) is 24.3 Å². The van der Waals surface area contributed by atoms with E-state index in [1.165, 1.54) is 11.6 Å². The Kier molecular flexibility index (Phi) is 4.26. The molecule has 1 fully saturated rings. The largest absolute Gasteiger partial charge is 0.508 e. The summed E-state index contributed by atoms with van der Waals surface area (Å²) in [6.45, 7) is 0.871. The van der Waals surface area contributed by atoms with Gasteiger partial charge < -0.3 is 20.6 Å². The number of hydrogen-bond acceptors (Lipinski definition) is 4. The van der Waals surface area contributed by atoms with Gasteiger partial charge in [0.25, 0.3) is 0 Å². The van der Waals surface area contributed by atoms with Gasteiger partial charge in [-0.05, 0) is 61.2 Å². The fourth-order valence-electron chi connectivity index (χ4n) is 2.56. The van der Waals surface area contributed by atoms with Crippen LogP contribution in [0.2, 0.25) is 0 Å². The number of phenolic OH excluding ortho intramolecular Hbond substituents is 3. The van der Waals surface area contributed by atoms with Crippen LogP contribution in [0.15, 0.2) is 48.5 Å². The fraction of sp³-hybridized carbons (Fsp3) is 0.263. The standard InChI is InChI=1S/C19H21NO3/c21-16-4-1-14(2-5-16)8-12-20-19(10-11-19)9-7-15-3-6-17(22)18(23)13-15/h1-7,9,13,20-23H,8,10-12H2/b9-7+. The maximum absolute atomic E-state index is 9.51. The molecule has 0 aromatic heterocycles. The first-order valence-electron chi connectivity index (χ1n) is 7.81. The molecule has 0 spiro atoms. The third-order valence-corrected chi connectivity index (χ3v) is 4.21. The van der Waals surface area contributed by atoms with Crippen molar-refractivity contribution in [2.45, 2.75) is 24.8 Å². The molecule has 4 nitrogen and oxygen atoms in total. The minimum atomic E-state index is -0.102. The summed E-state index contributed by atoms with van der Waals surface area (Å²) in [5, 5.41) is 31.7. The van der Waals surface area contributed by atoms with E-state index in [1.807, 2.05) is 18.2 Å². The molecule has 0 amide bonds. The van der Waals surface area contributed by atoms with E-state index >= 15 is 0 Å². The van der Waals surface area contributed by atoms with Gasteiger partial charge in [0.05, 0.1) is 0 Å². The fourth-order valence-corrected chi connectivity index (χ4v) is 2.56. The molecule has 0 aliphatic heterocycles. The molecule has 2 aromatic carbocycles. The lowest BCUT2D eigenvalue weighted by Gasteiger charge is -2.13. The van der Waals surface area contributed by atoms with Gasteiger partial charge >= 0.3 is 0 Å². The van der Waals surface area contributed by atoms with Gasteiger partial charge in [0.1, 0.15) is 5.75 Å². The van der Waals surface area contributed by atoms with Crippen molar-refractivity contribution in [1.82, 2.24) is 5.32 Å². The first-order valence-corrected chi connectivity index (χ1v) is 7.81. The molecule has 120 valence electrons. The summed E-state index contributed by atoms with van der Waals surface area (Å²) in [5.41, 5.74) is 2.11. The third-order valence-electron chi connectivity index (χ3n) is 4.21. The molecule has 0 heterocycles. The van der Waals surface area contributed by atoms with Gasteiger partial charge in [-0.3, -0.25) is 0 Å². The van der Waals surface area contributed by atoms with Crippen LogP contribution in [-0.2, 0) is 6.42 Å². The molecule has 4 heteroatoms. The van der Waals surface area contributed by atoms with E-state index in [9.17, 15) is 15.3 Å². The van der Waals surface area contributed by atoms with E-state index in [0.29, 0.717) is 5.75 Å². The monoisotopic (exact) mass is 311 g/mol. The molecular weight excluding hydrogens is 290 g/mol. The number of hydrogen-bond donors (Lipinski definition) is 4. The van der Waals surface area contributed by atoms with Crippen LogP contribution in [0, 0.1) is 0 Å². The second-order valence-corrected chi connectivity index (χ2v) is 6.08. The van der Waals surface area contributed by atoms with Crippen LogP contribution in [0.5, 0.6) is 17.2 Å². The summed E-state index contributed by atoms with van der Waals surface area (Å²) in [6, 6.07) is 12.1. The minimum Gasteiger partial charge on any atom is -0.508 e. The predicted molar refractivity (Wildman–Crippen MR) is 90.6 cm³/mol. The van der Waals surface area contributed by atoms with Crippen LogP contribution >= 0.6 is 0 Å². The van der Waals surface area contributed by atoms with Crippen molar-refractivity contribution in [2.24, 2.45) is 0 Å². The summed E-state index contributed by atoms with van der Waals surface area (Å²) < 4.78 is 0. The second-order valence-electron chi connectivity index (χ2n) is 6.08. The van der Waals surface area contributed by atoms with Crippen molar-refractivity contribution in [2.75, 3.05) is 6.54 Å². The molecule has 4 N–H and O–H groups in total. The van der Waals surface area contributed by atoms with Crippen molar-refractivity contribution in [3.63, 3.8) is 0 Å². The van der Waals surface area contributed by atoms with Crippen molar-refractivity contribution in [3.8, 4) is 17.2 Å². The number of nitrogens with one attached hydrogen (secondary N) is 1. The molecule has 0 bridgehead atoms. The Balaban J connectivity index is 1.54. The van der Waals surface area contributed by atoms with E-state index < -0.39 is 0 Å². The third kappa shape index (κ3) is 4.05. The number of aromatic hydroxyl groups is 3. The average Bonchev–Trinajstić information content (AvgIpc) is 3.31. The predicted octanol–water partition coefficient (Wildman–Crippen LogP) is 3.18. The second kappa shape index (κ2) is 6.34. The topological polar surface area (TPSA) is 72.7 Å². The Morgan fingerprint density at radius 2 is 1.70 bits per heavy atom. The average molecular weight is 311 g/mol. The highest BCUT2D eigenvalue weighted by atomic mass is 16.3. The van der Waals surface area contributed by atoms with E-state index in [4.69, 9.17) is 0 Å².